The summed E-state index contributed by atoms with van der Waals surface area (Å²) in [5, 5.41) is 11.6. The molecule has 0 atom stereocenters. The van der Waals surface area contributed by atoms with Gasteiger partial charge in [0, 0.05) is 32.9 Å². The molecule has 0 aliphatic rings. The molecular weight excluding hydrogens is 368 g/mol. The van der Waals surface area contributed by atoms with Gasteiger partial charge in [0.2, 0.25) is 0 Å². The SMILES string of the molecule is CCC(CC)N(CCOC)C(=O)c1cc(OC)c(OCCOC)cc1[N+](=O)[O-]. The number of hydrogen-bond acceptors (Lipinski definition) is 7. The molecule has 0 aliphatic heterocycles. The monoisotopic (exact) mass is 398 g/mol. The van der Waals surface area contributed by atoms with E-state index in [2.05, 4.69) is 0 Å². The van der Waals surface area contributed by atoms with Crippen molar-refractivity contribution in [2.75, 3.05) is 47.7 Å². The standard InChI is InChI=1S/C19H30N2O7/c1-6-14(7-2)20(8-9-25-3)19(22)15-12-17(27-5)18(28-11-10-26-4)13-16(15)21(23)24/h12-14H,6-11H2,1-5H3. The largest absolute Gasteiger partial charge is 0.493 e. The molecule has 158 valence electrons. The first-order valence-electron chi connectivity index (χ1n) is 9.23. The van der Waals surface area contributed by atoms with E-state index in [0.717, 1.165) is 12.8 Å². The highest BCUT2D eigenvalue weighted by atomic mass is 16.6. The lowest BCUT2D eigenvalue weighted by Crippen LogP contribution is -2.42. The predicted octanol–water partition coefficient (Wildman–Crippen LogP) is 2.91. The molecule has 0 aliphatic carbocycles. The number of hydrogen-bond donors (Lipinski definition) is 0. The number of nitro benzene ring substituents is 1. The van der Waals surface area contributed by atoms with Gasteiger partial charge >= 0.3 is 0 Å². The number of benzene rings is 1. The number of carbonyl (C=O) groups excluding carboxylic acids is 1. The number of ether oxygens (including phenoxy) is 4. The van der Waals surface area contributed by atoms with Gasteiger partial charge in [0.05, 0.1) is 31.3 Å². The second-order valence-electron chi connectivity index (χ2n) is 6.08. The van der Waals surface area contributed by atoms with Gasteiger partial charge in [0.25, 0.3) is 11.6 Å². The first-order valence-corrected chi connectivity index (χ1v) is 9.23. The van der Waals surface area contributed by atoms with Gasteiger partial charge in [-0.25, -0.2) is 0 Å². The van der Waals surface area contributed by atoms with Gasteiger partial charge < -0.3 is 23.8 Å². The van der Waals surface area contributed by atoms with Gasteiger partial charge in [-0.05, 0) is 12.8 Å². The zero-order valence-corrected chi connectivity index (χ0v) is 17.2. The van der Waals surface area contributed by atoms with Crippen molar-refractivity contribution >= 4 is 11.6 Å². The Morgan fingerprint density at radius 1 is 1.07 bits per heavy atom. The summed E-state index contributed by atoms with van der Waals surface area (Å²) in [7, 11) is 4.49. The fourth-order valence-corrected chi connectivity index (χ4v) is 2.90. The molecule has 0 saturated carbocycles. The molecule has 0 N–H and O–H groups in total. The van der Waals surface area contributed by atoms with E-state index in [4.69, 9.17) is 18.9 Å². The molecule has 9 nitrogen and oxygen atoms in total. The molecule has 1 rings (SSSR count). The lowest BCUT2D eigenvalue weighted by molar-refractivity contribution is -0.385. The first-order chi connectivity index (χ1) is 13.4. The van der Waals surface area contributed by atoms with Crippen LogP contribution in [0, 0.1) is 10.1 Å². The second kappa shape index (κ2) is 12.1. The van der Waals surface area contributed by atoms with Crippen molar-refractivity contribution in [3.05, 3.63) is 27.8 Å². The van der Waals surface area contributed by atoms with Crippen LogP contribution in [-0.2, 0) is 9.47 Å². The molecule has 9 heteroatoms. The Bertz CT molecular complexity index is 647. The lowest BCUT2D eigenvalue weighted by atomic mass is 10.1. The van der Waals surface area contributed by atoms with Crippen LogP contribution in [0.25, 0.3) is 0 Å². The van der Waals surface area contributed by atoms with Gasteiger partial charge in [0.1, 0.15) is 12.2 Å². The molecule has 28 heavy (non-hydrogen) atoms. The smallest absolute Gasteiger partial charge is 0.286 e. The predicted molar refractivity (Wildman–Crippen MR) is 104 cm³/mol. The van der Waals surface area contributed by atoms with Crippen LogP contribution in [0.1, 0.15) is 37.0 Å². The summed E-state index contributed by atoms with van der Waals surface area (Å²) >= 11 is 0. The zero-order valence-electron chi connectivity index (χ0n) is 17.2. The van der Waals surface area contributed by atoms with Crippen LogP contribution in [0.15, 0.2) is 12.1 Å². The van der Waals surface area contributed by atoms with E-state index in [1.165, 1.54) is 26.4 Å². The molecule has 0 fully saturated rings. The number of methoxy groups -OCH3 is 3. The summed E-state index contributed by atoms with van der Waals surface area (Å²) in [4.78, 5) is 25.9. The number of nitro groups is 1. The van der Waals surface area contributed by atoms with Crippen molar-refractivity contribution in [1.82, 2.24) is 4.90 Å². The Balaban J connectivity index is 3.37. The quantitative estimate of drug-likeness (QED) is 0.286. The van der Waals surface area contributed by atoms with E-state index in [9.17, 15) is 14.9 Å². The van der Waals surface area contributed by atoms with Crippen LogP contribution in [0.4, 0.5) is 5.69 Å². The summed E-state index contributed by atoms with van der Waals surface area (Å²) < 4.78 is 20.8. The Kier molecular flexibility index (Phi) is 10.3. The molecule has 0 radical (unpaired) electrons. The van der Waals surface area contributed by atoms with Crippen LogP contribution in [-0.4, -0.2) is 69.5 Å². The van der Waals surface area contributed by atoms with Crippen molar-refractivity contribution in [2.24, 2.45) is 0 Å². The lowest BCUT2D eigenvalue weighted by Gasteiger charge is -2.30. The topological polar surface area (TPSA) is 100 Å². The highest BCUT2D eigenvalue weighted by Gasteiger charge is 2.30. The van der Waals surface area contributed by atoms with E-state index in [1.54, 1.807) is 12.0 Å². The summed E-state index contributed by atoms with van der Waals surface area (Å²) in [6.07, 6.45) is 1.46. The molecule has 0 unspecified atom stereocenters. The second-order valence-corrected chi connectivity index (χ2v) is 6.08. The molecule has 0 bridgehead atoms. The Morgan fingerprint density at radius 2 is 1.71 bits per heavy atom. The number of nitrogens with zero attached hydrogens (tertiary/aromatic N) is 2. The van der Waals surface area contributed by atoms with Gasteiger partial charge in [-0.3, -0.25) is 14.9 Å². The average Bonchev–Trinajstić information content (AvgIpc) is 2.70. The maximum atomic E-state index is 13.2. The molecule has 0 heterocycles. The molecule has 1 aromatic rings. The third-order valence-electron chi connectivity index (χ3n) is 4.43. The van der Waals surface area contributed by atoms with Crippen molar-refractivity contribution in [3.63, 3.8) is 0 Å². The van der Waals surface area contributed by atoms with Crippen LogP contribution >= 0.6 is 0 Å². The molecule has 0 saturated heterocycles. The van der Waals surface area contributed by atoms with E-state index < -0.39 is 10.8 Å². The Hall–Kier alpha value is -2.39. The fraction of sp³-hybridized carbons (Fsp3) is 0.632. The first kappa shape index (κ1) is 23.6. The fourth-order valence-electron chi connectivity index (χ4n) is 2.90. The number of amides is 1. The molecule has 0 spiro atoms. The third-order valence-corrected chi connectivity index (χ3v) is 4.43. The van der Waals surface area contributed by atoms with Gasteiger partial charge in [-0.1, -0.05) is 13.8 Å². The van der Waals surface area contributed by atoms with E-state index >= 15 is 0 Å². The maximum Gasteiger partial charge on any atom is 0.286 e. The summed E-state index contributed by atoms with van der Waals surface area (Å²) in [6.45, 7) is 5.15. The number of rotatable bonds is 13. The highest BCUT2D eigenvalue weighted by molar-refractivity contribution is 5.99. The van der Waals surface area contributed by atoms with Crippen molar-refractivity contribution in [3.8, 4) is 11.5 Å². The zero-order chi connectivity index (χ0) is 21.1. The molecule has 0 aromatic heterocycles. The average molecular weight is 398 g/mol. The van der Waals surface area contributed by atoms with Crippen LogP contribution in [0.5, 0.6) is 11.5 Å². The van der Waals surface area contributed by atoms with E-state index in [0.29, 0.717) is 19.8 Å². The molecule has 1 aromatic carbocycles. The summed E-state index contributed by atoms with van der Waals surface area (Å²) in [5.41, 5.74) is -0.365. The minimum absolute atomic E-state index is 0.0380. The minimum atomic E-state index is -0.586. The maximum absolute atomic E-state index is 13.2. The van der Waals surface area contributed by atoms with Crippen molar-refractivity contribution in [1.29, 1.82) is 0 Å². The van der Waals surface area contributed by atoms with Crippen molar-refractivity contribution < 1.29 is 28.7 Å². The Morgan fingerprint density at radius 3 is 2.21 bits per heavy atom. The molecule has 1 amide bonds. The van der Waals surface area contributed by atoms with Crippen molar-refractivity contribution in [2.45, 2.75) is 32.7 Å². The van der Waals surface area contributed by atoms with E-state index in [1.807, 2.05) is 13.8 Å². The third kappa shape index (κ3) is 6.07. The summed E-state index contributed by atoms with van der Waals surface area (Å²) in [6, 6.07) is 2.54. The van der Waals surface area contributed by atoms with Gasteiger partial charge in [-0.2, -0.15) is 0 Å². The van der Waals surface area contributed by atoms with E-state index in [-0.39, 0.29) is 35.4 Å². The number of carbonyl (C=O) groups is 1. The summed E-state index contributed by atoms with van der Waals surface area (Å²) in [5.74, 6) is 0.00857. The minimum Gasteiger partial charge on any atom is -0.493 e. The normalized spacial score (nSPS) is 10.8. The van der Waals surface area contributed by atoms with Crippen LogP contribution in [0.2, 0.25) is 0 Å². The van der Waals surface area contributed by atoms with Gasteiger partial charge in [-0.15, -0.1) is 0 Å². The van der Waals surface area contributed by atoms with Crippen LogP contribution < -0.4 is 9.47 Å². The highest BCUT2D eigenvalue weighted by Crippen LogP contribution is 2.35. The molecular formula is C19H30N2O7. The Labute approximate surface area is 165 Å². The van der Waals surface area contributed by atoms with Crippen LogP contribution in [0.3, 0.4) is 0 Å². The van der Waals surface area contributed by atoms with Gasteiger partial charge in [0.15, 0.2) is 11.5 Å².